The number of hydrogen-bond donors (Lipinski definition) is 1. The summed E-state index contributed by atoms with van der Waals surface area (Å²) in [4.78, 5) is 18.1. The van der Waals surface area contributed by atoms with Gasteiger partial charge in [-0.25, -0.2) is 0 Å². The number of carboxylic acid groups (broad SMARTS) is 1. The number of aryl methyl sites for hydroxylation is 4. The summed E-state index contributed by atoms with van der Waals surface area (Å²) in [6, 6.07) is 4.38. The second kappa shape index (κ2) is 7.35. The molecule has 0 bridgehead atoms. The largest absolute Gasteiger partial charge is 0.481 e. The summed E-state index contributed by atoms with van der Waals surface area (Å²) in [6.45, 7) is 5.97. The minimum atomic E-state index is -0.759. The number of rotatable bonds is 6. The van der Waals surface area contributed by atoms with Crippen molar-refractivity contribution >= 4 is 5.97 Å². The highest BCUT2D eigenvalue weighted by Crippen LogP contribution is 2.33. The summed E-state index contributed by atoms with van der Waals surface area (Å²) in [7, 11) is 1.95. The van der Waals surface area contributed by atoms with E-state index in [0.717, 1.165) is 48.6 Å². The van der Waals surface area contributed by atoms with E-state index in [4.69, 9.17) is 10.1 Å². The number of likely N-dealkylation sites (tertiary alicyclic amines) is 1. The van der Waals surface area contributed by atoms with E-state index < -0.39 is 5.97 Å². The molecule has 1 aliphatic rings. The van der Waals surface area contributed by atoms with Gasteiger partial charge in [0.15, 0.2) is 0 Å². The lowest BCUT2D eigenvalue weighted by Gasteiger charge is -2.24. The normalized spacial score (nSPS) is 18.0. The minimum absolute atomic E-state index is 0.159. The molecule has 0 amide bonds. The van der Waals surface area contributed by atoms with E-state index in [1.807, 2.05) is 24.7 Å². The van der Waals surface area contributed by atoms with E-state index in [1.54, 1.807) is 0 Å². The van der Waals surface area contributed by atoms with Gasteiger partial charge in [-0.1, -0.05) is 0 Å². The second-order valence-electron chi connectivity index (χ2n) is 6.98. The number of carboxylic acids is 1. The molecular weight excluding hydrogens is 316 g/mol. The Hall–Kier alpha value is -2.21. The van der Waals surface area contributed by atoms with Crippen molar-refractivity contribution in [3.8, 4) is 0 Å². The van der Waals surface area contributed by atoms with Crippen LogP contribution >= 0.6 is 0 Å². The van der Waals surface area contributed by atoms with Crippen molar-refractivity contribution in [1.82, 2.24) is 19.7 Å². The third-order valence-electron chi connectivity index (χ3n) is 4.85. The van der Waals surface area contributed by atoms with Crippen molar-refractivity contribution in [2.45, 2.75) is 52.1 Å². The number of hydrogen-bond acceptors (Lipinski definition) is 4. The molecular formula is C19H26N4O2. The third kappa shape index (κ3) is 4.25. The smallest absolute Gasteiger partial charge is 0.303 e. The van der Waals surface area contributed by atoms with E-state index in [1.165, 1.54) is 5.56 Å². The molecule has 0 unspecified atom stereocenters. The maximum atomic E-state index is 10.9. The van der Waals surface area contributed by atoms with Gasteiger partial charge in [0.2, 0.25) is 0 Å². The van der Waals surface area contributed by atoms with Crippen LogP contribution in [0.15, 0.2) is 18.3 Å². The first-order valence-electron chi connectivity index (χ1n) is 8.85. The van der Waals surface area contributed by atoms with Crippen LogP contribution in [0.5, 0.6) is 0 Å². The Morgan fingerprint density at radius 3 is 2.84 bits per heavy atom. The molecule has 0 saturated carbocycles. The molecule has 25 heavy (non-hydrogen) atoms. The molecule has 6 heteroatoms. The van der Waals surface area contributed by atoms with Gasteiger partial charge in [0, 0.05) is 37.5 Å². The van der Waals surface area contributed by atoms with Crippen molar-refractivity contribution in [3.05, 3.63) is 46.5 Å². The van der Waals surface area contributed by atoms with Crippen molar-refractivity contribution in [2.75, 3.05) is 6.54 Å². The molecule has 1 aliphatic heterocycles. The van der Waals surface area contributed by atoms with Gasteiger partial charge in [-0.3, -0.25) is 19.4 Å². The number of aliphatic carboxylic acids is 1. The molecule has 6 nitrogen and oxygen atoms in total. The molecule has 1 saturated heterocycles. The Morgan fingerprint density at radius 1 is 1.36 bits per heavy atom. The zero-order valence-corrected chi connectivity index (χ0v) is 15.2. The van der Waals surface area contributed by atoms with Crippen LogP contribution in [0.1, 0.15) is 53.5 Å². The highest BCUT2D eigenvalue weighted by atomic mass is 16.4. The molecule has 3 heterocycles. The first-order valence-corrected chi connectivity index (χ1v) is 8.85. The van der Waals surface area contributed by atoms with Crippen molar-refractivity contribution < 1.29 is 9.90 Å². The summed E-state index contributed by atoms with van der Waals surface area (Å²) in [5.74, 6) is -0.759. The average Bonchev–Trinajstić information content (AvgIpc) is 3.11. The van der Waals surface area contributed by atoms with E-state index >= 15 is 0 Å². The molecule has 2 aromatic rings. The maximum absolute atomic E-state index is 10.9. The minimum Gasteiger partial charge on any atom is -0.481 e. The van der Waals surface area contributed by atoms with Crippen molar-refractivity contribution in [2.24, 2.45) is 7.05 Å². The SMILES string of the molecule is Cc1cc(CCC(=O)O)cc([C@H]2CCCN2Cc2cn(C)nc2C)n1. The first-order chi connectivity index (χ1) is 11.9. The van der Waals surface area contributed by atoms with Crippen LogP contribution in [-0.4, -0.2) is 37.3 Å². The third-order valence-corrected chi connectivity index (χ3v) is 4.85. The zero-order valence-electron chi connectivity index (χ0n) is 15.2. The molecule has 0 aliphatic carbocycles. The van der Waals surface area contributed by atoms with Crippen LogP contribution < -0.4 is 0 Å². The summed E-state index contributed by atoms with van der Waals surface area (Å²) >= 11 is 0. The van der Waals surface area contributed by atoms with Gasteiger partial charge in [0.1, 0.15) is 0 Å². The van der Waals surface area contributed by atoms with E-state index in [9.17, 15) is 4.79 Å². The summed E-state index contributed by atoms with van der Waals surface area (Å²) in [6.07, 6.45) is 5.05. The number of carbonyl (C=O) groups is 1. The molecule has 134 valence electrons. The van der Waals surface area contributed by atoms with Gasteiger partial charge >= 0.3 is 5.97 Å². The topological polar surface area (TPSA) is 71.2 Å². The lowest BCUT2D eigenvalue weighted by atomic mass is 10.0. The van der Waals surface area contributed by atoms with Gasteiger partial charge in [0.05, 0.1) is 17.4 Å². The molecule has 0 spiro atoms. The van der Waals surface area contributed by atoms with E-state index in [2.05, 4.69) is 29.2 Å². The maximum Gasteiger partial charge on any atom is 0.303 e. The fourth-order valence-corrected chi connectivity index (χ4v) is 3.71. The van der Waals surface area contributed by atoms with Crippen LogP contribution in [0.2, 0.25) is 0 Å². The lowest BCUT2D eigenvalue weighted by Crippen LogP contribution is -2.24. The van der Waals surface area contributed by atoms with Crippen LogP contribution in [0.4, 0.5) is 0 Å². The van der Waals surface area contributed by atoms with Crippen LogP contribution in [0.3, 0.4) is 0 Å². The molecule has 2 aromatic heterocycles. The number of aromatic nitrogens is 3. The van der Waals surface area contributed by atoms with Crippen LogP contribution in [0, 0.1) is 13.8 Å². The molecule has 0 radical (unpaired) electrons. The second-order valence-corrected chi connectivity index (χ2v) is 6.98. The summed E-state index contributed by atoms with van der Waals surface area (Å²) < 4.78 is 1.87. The van der Waals surface area contributed by atoms with E-state index in [-0.39, 0.29) is 6.42 Å². The highest BCUT2D eigenvalue weighted by Gasteiger charge is 2.28. The summed E-state index contributed by atoms with van der Waals surface area (Å²) in [5, 5.41) is 13.4. The molecule has 1 fully saturated rings. The highest BCUT2D eigenvalue weighted by molar-refractivity contribution is 5.67. The Labute approximate surface area is 148 Å². The zero-order chi connectivity index (χ0) is 18.0. The first kappa shape index (κ1) is 17.6. The molecule has 3 rings (SSSR count). The Bertz CT molecular complexity index is 769. The van der Waals surface area contributed by atoms with Crippen molar-refractivity contribution in [3.63, 3.8) is 0 Å². The summed E-state index contributed by atoms with van der Waals surface area (Å²) in [5.41, 5.74) is 5.43. The average molecular weight is 342 g/mol. The van der Waals surface area contributed by atoms with Crippen LogP contribution in [0.25, 0.3) is 0 Å². The van der Waals surface area contributed by atoms with Gasteiger partial charge in [-0.2, -0.15) is 5.10 Å². The molecule has 1 N–H and O–H groups in total. The van der Waals surface area contributed by atoms with Gasteiger partial charge in [0.25, 0.3) is 0 Å². The fraction of sp³-hybridized carbons (Fsp3) is 0.526. The molecule has 1 atom stereocenters. The standard InChI is InChI=1S/C19H26N4O2/c1-13-9-15(6-7-19(24)25)10-17(20-13)18-5-4-8-23(18)12-16-11-22(3)21-14(16)2/h9-11,18H,4-8,12H2,1-3H3,(H,24,25)/t18-/m1/s1. The van der Waals surface area contributed by atoms with Gasteiger partial charge in [-0.15, -0.1) is 0 Å². The quantitative estimate of drug-likeness (QED) is 0.874. The predicted molar refractivity (Wildman–Crippen MR) is 95.3 cm³/mol. The predicted octanol–water partition coefficient (Wildman–Crippen LogP) is 2.79. The Morgan fingerprint density at radius 2 is 2.16 bits per heavy atom. The van der Waals surface area contributed by atoms with Crippen LogP contribution in [-0.2, 0) is 24.8 Å². The van der Waals surface area contributed by atoms with Gasteiger partial charge < -0.3 is 5.11 Å². The van der Waals surface area contributed by atoms with Gasteiger partial charge in [-0.05, 0) is 57.4 Å². The Balaban J connectivity index is 1.79. The fourth-order valence-electron chi connectivity index (χ4n) is 3.71. The Kier molecular flexibility index (Phi) is 5.18. The lowest BCUT2D eigenvalue weighted by molar-refractivity contribution is -0.136. The van der Waals surface area contributed by atoms with E-state index in [0.29, 0.717) is 12.5 Å². The van der Waals surface area contributed by atoms with Crippen molar-refractivity contribution in [1.29, 1.82) is 0 Å². The number of nitrogens with zero attached hydrogens (tertiary/aromatic N) is 4. The molecule has 0 aromatic carbocycles. The number of pyridine rings is 1. The monoisotopic (exact) mass is 342 g/mol.